The summed E-state index contributed by atoms with van der Waals surface area (Å²) in [5.41, 5.74) is 0.897. The monoisotopic (exact) mass is 361 g/mol. The van der Waals surface area contributed by atoms with Gasteiger partial charge in [0, 0.05) is 29.4 Å². The average Bonchev–Trinajstić information content (AvgIpc) is 2.28. The number of ketones is 1. The summed E-state index contributed by atoms with van der Waals surface area (Å²) in [4.78, 5) is 14.1. The van der Waals surface area contributed by atoms with E-state index in [2.05, 4.69) is 20.8 Å². The number of anilines is 1. The Kier molecular flexibility index (Phi) is 3.80. The van der Waals surface area contributed by atoms with E-state index in [4.69, 9.17) is 23.2 Å². The maximum atomic E-state index is 11.8. The molecule has 0 N–H and O–H groups in total. The summed E-state index contributed by atoms with van der Waals surface area (Å²) in [5.74, 6) is 0.371. The minimum atomic E-state index is 0.260. The van der Waals surface area contributed by atoms with Crippen LogP contribution < -0.4 is 4.90 Å². The van der Waals surface area contributed by atoms with E-state index in [0.717, 1.165) is 23.0 Å². The highest BCUT2D eigenvalue weighted by Crippen LogP contribution is 2.44. The van der Waals surface area contributed by atoms with Gasteiger partial charge in [-0.1, -0.05) is 39.1 Å². The van der Waals surface area contributed by atoms with Crippen LogP contribution in [0.2, 0.25) is 10.0 Å². The van der Waals surface area contributed by atoms with Gasteiger partial charge >= 0.3 is 0 Å². The molecule has 2 atom stereocenters. The standard InChI is InChI=1S/C14H14BrCl2NO/c15-8-4-12(16)14(13(17)5-8)18-9-2-1-3-10(18)7-11(19)6-9/h4-5,9-10H,1-3,6-7H2. The van der Waals surface area contributed by atoms with Gasteiger partial charge in [-0.25, -0.2) is 0 Å². The quantitative estimate of drug-likeness (QED) is 0.711. The number of benzene rings is 1. The number of nitrogens with zero attached hydrogens (tertiary/aromatic N) is 1. The predicted molar refractivity (Wildman–Crippen MR) is 82.3 cm³/mol. The van der Waals surface area contributed by atoms with Crippen molar-refractivity contribution in [2.24, 2.45) is 0 Å². The van der Waals surface area contributed by atoms with Gasteiger partial charge in [0.1, 0.15) is 5.78 Å². The Hall–Kier alpha value is -0.250. The second-order valence-electron chi connectivity index (χ2n) is 5.31. The van der Waals surface area contributed by atoms with Crippen molar-refractivity contribution in [1.29, 1.82) is 0 Å². The molecule has 2 aliphatic heterocycles. The highest BCUT2D eigenvalue weighted by molar-refractivity contribution is 9.10. The van der Waals surface area contributed by atoms with Gasteiger partial charge in [-0.3, -0.25) is 4.79 Å². The predicted octanol–water partition coefficient (Wildman–Crippen LogP) is 4.85. The fourth-order valence-electron chi connectivity index (χ4n) is 3.32. The van der Waals surface area contributed by atoms with Crippen LogP contribution in [0.1, 0.15) is 32.1 Å². The van der Waals surface area contributed by atoms with E-state index in [9.17, 15) is 4.79 Å². The van der Waals surface area contributed by atoms with Gasteiger partial charge < -0.3 is 4.90 Å². The molecule has 2 bridgehead atoms. The van der Waals surface area contributed by atoms with Crippen molar-refractivity contribution in [3.63, 3.8) is 0 Å². The lowest BCUT2D eigenvalue weighted by atomic mass is 9.83. The third-order valence-electron chi connectivity index (χ3n) is 4.03. The lowest BCUT2D eigenvalue weighted by Crippen LogP contribution is -2.52. The lowest BCUT2D eigenvalue weighted by Gasteiger charge is -2.47. The SMILES string of the molecule is O=C1CC2CCCC(C1)N2c1c(Cl)cc(Br)cc1Cl. The molecule has 2 aliphatic rings. The van der Waals surface area contributed by atoms with Gasteiger partial charge in [0.05, 0.1) is 15.7 Å². The molecule has 2 fully saturated rings. The molecule has 5 heteroatoms. The first kappa shape index (κ1) is 13.7. The minimum Gasteiger partial charge on any atom is -0.362 e. The van der Waals surface area contributed by atoms with Gasteiger partial charge in [0.25, 0.3) is 0 Å². The number of hydrogen-bond acceptors (Lipinski definition) is 2. The van der Waals surface area contributed by atoms with Crippen LogP contribution in [0.3, 0.4) is 0 Å². The van der Waals surface area contributed by atoms with Gasteiger partial charge in [-0.05, 0) is 31.4 Å². The number of halogens is 3. The van der Waals surface area contributed by atoms with Crippen LogP contribution in [0.15, 0.2) is 16.6 Å². The van der Waals surface area contributed by atoms with Crippen molar-refractivity contribution < 1.29 is 4.79 Å². The third-order valence-corrected chi connectivity index (χ3v) is 5.06. The van der Waals surface area contributed by atoms with Crippen molar-refractivity contribution in [2.75, 3.05) is 4.90 Å². The Bertz CT molecular complexity index is 495. The van der Waals surface area contributed by atoms with Crippen LogP contribution in [0.25, 0.3) is 0 Å². The van der Waals surface area contributed by atoms with Crippen LogP contribution in [-0.2, 0) is 4.79 Å². The summed E-state index contributed by atoms with van der Waals surface area (Å²) in [7, 11) is 0. The minimum absolute atomic E-state index is 0.260. The van der Waals surface area contributed by atoms with Crippen LogP contribution in [0, 0.1) is 0 Å². The maximum absolute atomic E-state index is 11.8. The zero-order chi connectivity index (χ0) is 13.6. The number of fused-ring (bicyclic) bond motifs is 2. The van der Waals surface area contributed by atoms with Crippen molar-refractivity contribution in [3.05, 3.63) is 26.7 Å². The Labute approximate surface area is 131 Å². The van der Waals surface area contributed by atoms with Crippen molar-refractivity contribution in [3.8, 4) is 0 Å². The van der Waals surface area contributed by atoms with Gasteiger partial charge in [0.2, 0.25) is 0 Å². The average molecular weight is 363 g/mol. The van der Waals surface area contributed by atoms with Gasteiger partial charge in [-0.2, -0.15) is 0 Å². The van der Waals surface area contributed by atoms with Crippen molar-refractivity contribution >= 4 is 50.6 Å². The molecule has 2 heterocycles. The first-order valence-corrected chi connectivity index (χ1v) is 8.05. The number of carbonyl (C=O) groups excluding carboxylic acids is 1. The lowest BCUT2D eigenvalue weighted by molar-refractivity contribution is -0.121. The van der Waals surface area contributed by atoms with E-state index in [0.29, 0.717) is 28.7 Å². The molecule has 0 radical (unpaired) electrons. The number of piperidine rings is 2. The highest BCUT2D eigenvalue weighted by Gasteiger charge is 2.39. The Morgan fingerprint density at radius 1 is 1.11 bits per heavy atom. The molecule has 1 aromatic rings. The number of hydrogen-bond donors (Lipinski definition) is 0. The molecule has 0 amide bonds. The molecule has 0 aromatic heterocycles. The van der Waals surface area contributed by atoms with E-state index in [1.54, 1.807) is 0 Å². The first-order chi connectivity index (χ1) is 9.06. The molecule has 0 spiro atoms. The highest BCUT2D eigenvalue weighted by atomic mass is 79.9. The van der Waals surface area contributed by atoms with E-state index in [-0.39, 0.29) is 12.1 Å². The van der Waals surface area contributed by atoms with Crippen molar-refractivity contribution in [2.45, 2.75) is 44.2 Å². The molecule has 3 rings (SSSR count). The largest absolute Gasteiger partial charge is 0.362 e. The fraction of sp³-hybridized carbons (Fsp3) is 0.500. The molecular weight excluding hydrogens is 349 g/mol. The molecule has 0 aliphatic carbocycles. The summed E-state index contributed by atoms with van der Waals surface area (Å²) in [5, 5.41) is 1.32. The number of carbonyl (C=O) groups is 1. The zero-order valence-electron chi connectivity index (χ0n) is 10.3. The summed E-state index contributed by atoms with van der Waals surface area (Å²) >= 11 is 16.2. The van der Waals surface area contributed by atoms with E-state index < -0.39 is 0 Å². The normalized spacial score (nSPS) is 26.7. The summed E-state index contributed by atoms with van der Waals surface area (Å²) < 4.78 is 0.879. The summed E-state index contributed by atoms with van der Waals surface area (Å²) in [6.07, 6.45) is 4.53. The molecule has 0 saturated carbocycles. The second-order valence-corrected chi connectivity index (χ2v) is 7.04. The zero-order valence-corrected chi connectivity index (χ0v) is 13.4. The third kappa shape index (κ3) is 2.53. The maximum Gasteiger partial charge on any atom is 0.137 e. The van der Waals surface area contributed by atoms with Crippen LogP contribution in [0.5, 0.6) is 0 Å². The molecule has 2 saturated heterocycles. The van der Waals surface area contributed by atoms with Gasteiger partial charge in [-0.15, -0.1) is 0 Å². The molecular formula is C14H14BrCl2NO. The van der Waals surface area contributed by atoms with Crippen molar-refractivity contribution in [1.82, 2.24) is 0 Å². The van der Waals surface area contributed by atoms with Crippen LogP contribution in [0.4, 0.5) is 5.69 Å². The molecule has 2 nitrogen and oxygen atoms in total. The van der Waals surface area contributed by atoms with E-state index in [1.165, 1.54) is 6.42 Å². The van der Waals surface area contributed by atoms with Gasteiger partial charge in [0.15, 0.2) is 0 Å². The molecule has 19 heavy (non-hydrogen) atoms. The van der Waals surface area contributed by atoms with Crippen LogP contribution >= 0.6 is 39.1 Å². The number of Topliss-reactive ketones (excluding diaryl/α,β-unsaturated/α-hetero) is 1. The molecule has 102 valence electrons. The number of rotatable bonds is 1. The first-order valence-electron chi connectivity index (χ1n) is 6.51. The Morgan fingerprint density at radius 3 is 2.16 bits per heavy atom. The molecule has 2 unspecified atom stereocenters. The fourth-order valence-corrected chi connectivity index (χ4v) is 4.73. The van der Waals surface area contributed by atoms with E-state index in [1.807, 2.05) is 12.1 Å². The smallest absolute Gasteiger partial charge is 0.137 e. The summed E-state index contributed by atoms with van der Waals surface area (Å²) in [6.45, 7) is 0. The van der Waals surface area contributed by atoms with E-state index >= 15 is 0 Å². The summed E-state index contributed by atoms with van der Waals surface area (Å²) in [6, 6.07) is 4.26. The second kappa shape index (κ2) is 5.27. The topological polar surface area (TPSA) is 20.3 Å². The molecule has 1 aromatic carbocycles. The van der Waals surface area contributed by atoms with Crippen LogP contribution in [-0.4, -0.2) is 17.9 Å². The Balaban J connectivity index is 2.04. The Morgan fingerprint density at radius 2 is 1.63 bits per heavy atom.